The van der Waals surface area contributed by atoms with E-state index < -0.39 is 90.7 Å². The van der Waals surface area contributed by atoms with Gasteiger partial charge in [0.2, 0.25) is 0 Å². The average molecular weight is 852 g/mol. The Morgan fingerprint density at radius 2 is 0.897 bits per heavy atom. The Morgan fingerprint density at radius 3 is 1.09 bits per heavy atom. The van der Waals surface area contributed by atoms with Crippen LogP contribution in [0.1, 0.15) is 57.8 Å². The fourth-order valence-electron chi connectivity index (χ4n) is 2.72. The monoisotopic (exact) mass is 851 g/mol. The highest BCUT2D eigenvalue weighted by Gasteiger charge is 2.20. The number of rotatable bonds is 19. The molecule has 4 unspecified atom stereocenters. The molecular formula is C29H61N11O18. The number of carboxylic acids is 9. The van der Waals surface area contributed by atoms with E-state index in [0.717, 1.165) is 32.2 Å². The van der Waals surface area contributed by atoms with Gasteiger partial charge in [0.25, 0.3) is 0 Å². The van der Waals surface area contributed by atoms with Gasteiger partial charge in [0.1, 0.15) is 30.2 Å². The molecule has 5 atom stereocenters. The van der Waals surface area contributed by atoms with E-state index in [0.29, 0.717) is 32.4 Å². The summed E-state index contributed by atoms with van der Waals surface area (Å²) in [4.78, 5) is 91.9. The summed E-state index contributed by atoms with van der Waals surface area (Å²) in [7, 11) is 0. The van der Waals surface area contributed by atoms with E-state index in [1.807, 2.05) is 0 Å². The lowest BCUT2D eigenvalue weighted by molar-refractivity contribution is -0.144. The third-order valence-electron chi connectivity index (χ3n) is 5.70. The lowest BCUT2D eigenvalue weighted by atomic mass is 10.1. The molecule has 340 valence electrons. The molecule has 1 saturated heterocycles. The van der Waals surface area contributed by atoms with Crippen molar-refractivity contribution in [2.75, 3.05) is 32.7 Å². The van der Waals surface area contributed by atoms with Crippen molar-refractivity contribution in [2.24, 2.45) is 56.6 Å². The molecule has 0 amide bonds. The van der Waals surface area contributed by atoms with Gasteiger partial charge in [-0.3, -0.25) is 48.1 Å². The number of guanidine groups is 1. The molecule has 1 aliphatic heterocycles. The maximum Gasteiger partial charge on any atom is 0.321 e. The fourth-order valence-corrected chi connectivity index (χ4v) is 2.72. The molecule has 29 heteroatoms. The van der Waals surface area contributed by atoms with Gasteiger partial charge in [0.15, 0.2) is 5.96 Å². The standard InChI is InChI=1S/C6H14N4O2.C6H14N2O2.C5H9NO2.2C4H7NO4.2C2H5NO2/c7-4(5(11)12)2-1-3-10-6(8)9;7-4-2-1-3-5(8)6(9)10;7-5(8)4-2-1-3-6-4;2*5-2(4(8)9)1-3(6)7;2*3-1-2(4)5/h4H,1-3,7H2,(H,11,12)(H4,8,9,10);5H,1-4,7-8H2,(H,9,10);4,6H,1-3H2,(H,7,8);2*2H,1,5H2,(H,6,7)(H,8,9);2*1,3H2,(H,4,5)/t;;4-;;;;/m..0..../s1. The maximum atomic E-state index is 10.2. The summed E-state index contributed by atoms with van der Waals surface area (Å²) in [5.74, 6) is -9.57. The van der Waals surface area contributed by atoms with Gasteiger partial charge in [0, 0.05) is 6.54 Å². The molecule has 0 bridgehead atoms. The SMILES string of the molecule is NC(CC(=O)O)C(=O)O.NC(CC(=O)O)C(=O)O.NC(N)=NCCCC(N)C(=O)O.NCC(=O)O.NCC(=O)O.NCCCCC(N)C(=O)O.O=C(O)[C@@H]1CCCN1. The molecule has 1 fully saturated rings. The first-order chi connectivity index (χ1) is 26.6. The van der Waals surface area contributed by atoms with Gasteiger partial charge in [-0.1, -0.05) is 6.42 Å². The average Bonchev–Trinajstić information content (AvgIpc) is 3.67. The number of hydrogen-bond donors (Lipinski definition) is 19. The lowest BCUT2D eigenvalue weighted by Crippen LogP contribution is -2.32. The lowest BCUT2D eigenvalue weighted by Gasteiger charge is -2.03. The van der Waals surface area contributed by atoms with Crippen LogP contribution in [0.15, 0.2) is 4.99 Å². The molecular weight excluding hydrogens is 790 g/mol. The summed E-state index contributed by atoms with van der Waals surface area (Å²) in [5.41, 5.74) is 44.6. The highest BCUT2D eigenvalue weighted by Crippen LogP contribution is 2.03. The van der Waals surface area contributed by atoms with Crippen LogP contribution in [0.4, 0.5) is 0 Å². The molecule has 0 aliphatic carbocycles. The second-order valence-electron chi connectivity index (χ2n) is 10.9. The van der Waals surface area contributed by atoms with Crippen molar-refractivity contribution in [3.8, 4) is 0 Å². The van der Waals surface area contributed by atoms with Crippen LogP contribution in [0.2, 0.25) is 0 Å². The van der Waals surface area contributed by atoms with Gasteiger partial charge >= 0.3 is 53.7 Å². The van der Waals surface area contributed by atoms with Crippen LogP contribution in [-0.2, 0) is 43.2 Å². The molecule has 0 aromatic carbocycles. The number of aliphatic carboxylic acids is 9. The van der Waals surface area contributed by atoms with Crippen LogP contribution in [0.3, 0.4) is 0 Å². The summed E-state index contributed by atoms with van der Waals surface area (Å²) >= 11 is 0. The first-order valence-corrected chi connectivity index (χ1v) is 16.6. The summed E-state index contributed by atoms with van der Waals surface area (Å²) in [6.07, 6.45) is 3.84. The number of aliphatic imine (C=N–C) groups is 1. The third kappa shape index (κ3) is 59.5. The Labute approximate surface area is 331 Å². The molecule has 0 aromatic rings. The van der Waals surface area contributed by atoms with E-state index in [4.69, 9.17) is 86.1 Å². The Balaban J connectivity index is -0.000000138. The molecule has 1 heterocycles. The normalized spacial score (nSPS) is 13.8. The van der Waals surface area contributed by atoms with Crippen LogP contribution >= 0.6 is 0 Å². The summed E-state index contributed by atoms with van der Waals surface area (Å²) < 4.78 is 0. The van der Waals surface area contributed by atoms with Crippen LogP contribution in [-0.4, -0.2) is 169 Å². The summed E-state index contributed by atoms with van der Waals surface area (Å²) in [6, 6.07) is -4.38. The Morgan fingerprint density at radius 1 is 0.552 bits per heavy atom. The third-order valence-corrected chi connectivity index (χ3v) is 5.70. The zero-order valence-corrected chi connectivity index (χ0v) is 31.6. The van der Waals surface area contributed by atoms with Crippen molar-refractivity contribution in [2.45, 2.75) is 88.0 Å². The van der Waals surface area contributed by atoms with Crippen LogP contribution in [0, 0.1) is 0 Å². The predicted molar refractivity (Wildman–Crippen MR) is 202 cm³/mol. The zero-order valence-electron chi connectivity index (χ0n) is 31.6. The Kier molecular flexibility index (Phi) is 46.8. The van der Waals surface area contributed by atoms with Crippen LogP contribution < -0.4 is 56.9 Å². The number of carbonyl (C=O) groups is 9. The number of nitrogens with one attached hydrogen (secondary N) is 1. The smallest absolute Gasteiger partial charge is 0.321 e. The molecule has 0 radical (unpaired) electrons. The van der Waals surface area contributed by atoms with Gasteiger partial charge in [-0.05, 0) is 51.6 Å². The fraction of sp³-hybridized carbons (Fsp3) is 0.655. The number of nitrogens with zero attached hydrogens (tertiary/aromatic N) is 1. The van der Waals surface area contributed by atoms with E-state index in [1.54, 1.807) is 0 Å². The van der Waals surface area contributed by atoms with E-state index in [1.165, 1.54) is 0 Å². The van der Waals surface area contributed by atoms with Crippen molar-refractivity contribution < 1.29 is 89.1 Å². The molecule has 58 heavy (non-hydrogen) atoms. The number of unbranched alkanes of at least 4 members (excludes halogenated alkanes) is 1. The van der Waals surface area contributed by atoms with Gasteiger partial charge in [-0.2, -0.15) is 0 Å². The summed E-state index contributed by atoms with van der Waals surface area (Å²) in [5, 5.41) is 75.2. The quantitative estimate of drug-likeness (QED) is 0.0326. The Bertz CT molecular complexity index is 1190. The number of carboxylic acid groups (broad SMARTS) is 9. The highest BCUT2D eigenvalue weighted by atomic mass is 16.4. The van der Waals surface area contributed by atoms with Gasteiger partial charge in [0.05, 0.1) is 25.9 Å². The number of hydrogen-bond acceptors (Lipinski definition) is 18. The van der Waals surface area contributed by atoms with E-state index in [9.17, 15) is 43.2 Å². The first-order valence-electron chi connectivity index (χ1n) is 16.6. The summed E-state index contributed by atoms with van der Waals surface area (Å²) in [6.45, 7) is 1.33. The maximum absolute atomic E-state index is 10.2. The van der Waals surface area contributed by atoms with Crippen molar-refractivity contribution >= 4 is 59.7 Å². The van der Waals surface area contributed by atoms with Crippen molar-refractivity contribution in [3.05, 3.63) is 0 Å². The highest BCUT2D eigenvalue weighted by molar-refractivity contribution is 5.81. The second kappa shape index (κ2) is 42.3. The van der Waals surface area contributed by atoms with E-state index in [2.05, 4.69) is 21.8 Å². The molecule has 1 aliphatic rings. The van der Waals surface area contributed by atoms with E-state index in [-0.39, 0.29) is 25.1 Å². The topological polar surface area (TPSA) is 594 Å². The van der Waals surface area contributed by atoms with Gasteiger partial charge in [-0.25, -0.2) is 0 Å². The molecule has 28 N–H and O–H groups in total. The van der Waals surface area contributed by atoms with Crippen molar-refractivity contribution in [3.63, 3.8) is 0 Å². The predicted octanol–water partition coefficient (Wildman–Crippen LogP) is -6.39. The largest absolute Gasteiger partial charge is 0.481 e. The molecule has 1 rings (SSSR count). The first kappa shape index (κ1) is 64.1. The zero-order chi connectivity index (χ0) is 47.0. The molecule has 0 spiro atoms. The van der Waals surface area contributed by atoms with Gasteiger partial charge in [-0.15, -0.1) is 0 Å². The Hall–Kier alpha value is -5.82. The minimum atomic E-state index is -1.29. The van der Waals surface area contributed by atoms with Crippen LogP contribution in [0.5, 0.6) is 0 Å². The second-order valence-corrected chi connectivity index (χ2v) is 10.9. The van der Waals surface area contributed by atoms with Crippen LogP contribution in [0.25, 0.3) is 0 Å². The van der Waals surface area contributed by atoms with Crippen molar-refractivity contribution in [1.82, 2.24) is 5.32 Å². The van der Waals surface area contributed by atoms with E-state index >= 15 is 0 Å². The molecule has 0 aromatic heterocycles. The van der Waals surface area contributed by atoms with Gasteiger partial charge < -0.3 is 103 Å². The van der Waals surface area contributed by atoms with Crippen molar-refractivity contribution in [1.29, 1.82) is 0 Å². The molecule has 29 nitrogen and oxygen atoms in total. The minimum Gasteiger partial charge on any atom is -0.481 e. The molecule has 0 saturated carbocycles. The number of nitrogens with two attached hydrogens (primary N) is 9. The minimum absolute atomic E-state index is 0.0129.